The zero-order valence-electron chi connectivity index (χ0n) is 16.9. The Morgan fingerprint density at radius 1 is 1.33 bits per heavy atom. The first-order valence-electron chi connectivity index (χ1n) is 9.79. The third-order valence-electron chi connectivity index (χ3n) is 5.78. The van der Waals surface area contributed by atoms with Gasteiger partial charge >= 0.3 is 0 Å². The number of nitrogens with one attached hydrogen (secondary N) is 1. The van der Waals surface area contributed by atoms with Crippen LogP contribution < -0.4 is 10.1 Å². The molecule has 4 rings (SSSR count). The van der Waals surface area contributed by atoms with Crippen molar-refractivity contribution in [2.24, 2.45) is 0 Å². The Balaban J connectivity index is 1.58. The number of benzene rings is 1. The smallest absolute Gasteiger partial charge is 0.248 e. The molecule has 0 bridgehead atoms. The number of sulfonamides is 1. The number of thioether (sulfide) groups is 1. The van der Waals surface area contributed by atoms with Crippen LogP contribution in [0.4, 0.5) is 5.69 Å². The van der Waals surface area contributed by atoms with Gasteiger partial charge in [-0.25, -0.2) is 8.42 Å². The van der Waals surface area contributed by atoms with Gasteiger partial charge in [0.2, 0.25) is 21.8 Å². The van der Waals surface area contributed by atoms with E-state index >= 15 is 0 Å². The molecule has 0 radical (unpaired) electrons. The van der Waals surface area contributed by atoms with Crippen LogP contribution in [0.15, 0.2) is 23.1 Å². The largest absolute Gasteiger partial charge is 0.495 e. The van der Waals surface area contributed by atoms with E-state index in [1.165, 1.54) is 29.6 Å². The summed E-state index contributed by atoms with van der Waals surface area (Å²) in [4.78, 5) is 26.7. The summed E-state index contributed by atoms with van der Waals surface area (Å²) in [5, 5.41) is 2.79. The summed E-state index contributed by atoms with van der Waals surface area (Å²) in [5.41, 5.74) is 0.266. The van der Waals surface area contributed by atoms with Crippen LogP contribution in [-0.4, -0.2) is 79.5 Å². The molecule has 0 unspecified atom stereocenters. The van der Waals surface area contributed by atoms with Crippen LogP contribution in [0.3, 0.4) is 0 Å². The van der Waals surface area contributed by atoms with Gasteiger partial charge in [0.25, 0.3) is 0 Å². The number of anilines is 1. The highest BCUT2D eigenvalue weighted by atomic mass is 32.2. The summed E-state index contributed by atoms with van der Waals surface area (Å²) in [6.07, 6.45) is 1.15. The van der Waals surface area contributed by atoms with Crippen LogP contribution in [-0.2, 0) is 24.3 Å². The molecule has 0 aromatic heterocycles. The van der Waals surface area contributed by atoms with E-state index < -0.39 is 16.1 Å². The molecule has 3 heterocycles. The summed E-state index contributed by atoms with van der Waals surface area (Å²) < 4.78 is 37.9. The van der Waals surface area contributed by atoms with Crippen molar-refractivity contribution in [2.45, 2.75) is 35.6 Å². The van der Waals surface area contributed by atoms with Crippen molar-refractivity contribution < 1.29 is 27.5 Å². The van der Waals surface area contributed by atoms with E-state index in [2.05, 4.69) is 5.32 Å². The average molecular weight is 456 g/mol. The molecule has 1 aromatic rings. The molecule has 30 heavy (non-hydrogen) atoms. The number of hydrogen-bond donors (Lipinski definition) is 1. The third kappa shape index (κ3) is 3.68. The monoisotopic (exact) mass is 455 g/mol. The van der Waals surface area contributed by atoms with E-state index in [1.807, 2.05) is 6.92 Å². The second kappa shape index (κ2) is 8.03. The van der Waals surface area contributed by atoms with Gasteiger partial charge in [-0.05, 0) is 31.5 Å². The fraction of sp³-hybridized carbons (Fsp3) is 0.579. The van der Waals surface area contributed by atoms with Crippen LogP contribution in [0, 0.1) is 0 Å². The van der Waals surface area contributed by atoms with Gasteiger partial charge in [-0.3, -0.25) is 9.59 Å². The predicted molar refractivity (Wildman–Crippen MR) is 112 cm³/mol. The molecule has 3 aliphatic rings. The van der Waals surface area contributed by atoms with Crippen LogP contribution in [0.5, 0.6) is 5.75 Å². The van der Waals surface area contributed by atoms with Gasteiger partial charge in [0.15, 0.2) is 0 Å². The molecule has 2 atom stereocenters. The highest BCUT2D eigenvalue weighted by Crippen LogP contribution is 2.47. The molecule has 3 saturated heterocycles. The molecule has 3 aliphatic heterocycles. The highest BCUT2D eigenvalue weighted by molar-refractivity contribution is 8.01. The maximum absolute atomic E-state index is 13.0. The van der Waals surface area contributed by atoms with Crippen LogP contribution >= 0.6 is 11.8 Å². The Kier molecular flexibility index (Phi) is 5.73. The van der Waals surface area contributed by atoms with Gasteiger partial charge in [-0.1, -0.05) is 0 Å². The number of amides is 2. The number of morpholine rings is 1. The Morgan fingerprint density at radius 2 is 2.07 bits per heavy atom. The van der Waals surface area contributed by atoms with Crippen molar-refractivity contribution in [3.63, 3.8) is 0 Å². The van der Waals surface area contributed by atoms with Crippen molar-refractivity contribution in [2.75, 3.05) is 44.5 Å². The van der Waals surface area contributed by atoms with E-state index in [-0.39, 0.29) is 40.4 Å². The number of carbonyl (C=O) groups is 2. The quantitative estimate of drug-likeness (QED) is 0.709. The lowest BCUT2D eigenvalue weighted by Crippen LogP contribution is -2.48. The zero-order valence-corrected chi connectivity index (χ0v) is 18.6. The third-order valence-corrected chi connectivity index (χ3v) is 9.18. The fourth-order valence-electron chi connectivity index (χ4n) is 4.11. The summed E-state index contributed by atoms with van der Waals surface area (Å²) in [5.74, 6) is 0.478. The van der Waals surface area contributed by atoms with E-state index in [0.29, 0.717) is 31.1 Å². The molecule has 0 aliphatic carbocycles. The number of rotatable bonds is 5. The molecule has 0 spiro atoms. The number of methoxy groups -OCH3 is 1. The maximum atomic E-state index is 13.0. The normalized spacial score (nSPS) is 27.2. The van der Waals surface area contributed by atoms with Gasteiger partial charge in [0.1, 0.15) is 11.8 Å². The minimum absolute atomic E-state index is 0.0294. The minimum Gasteiger partial charge on any atom is -0.495 e. The van der Waals surface area contributed by atoms with E-state index in [4.69, 9.17) is 9.47 Å². The minimum atomic E-state index is -3.72. The second-order valence-electron chi connectivity index (χ2n) is 7.63. The number of nitrogens with zero attached hydrogens (tertiary/aromatic N) is 2. The number of ether oxygens (including phenoxy) is 2. The van der Waals surface area contributed by atoms with Crippen molar-refractivity contribution in [1.29, 1.82) is 0 Å². The molecule has 1 N–H and O–H groups in total. The molecule has 9 nitrogen and oxygen atoms in total. The average Bonchev–Trinajstić information content (AvgIpc) is 3.24. The molecule has 1 aromatic carbocycles. The molecule has 11 heteroatoms. The van der Waals surface area contributed by atoms with Crippen LogP contribution in [0.25, 0.3) is 0 Å². The first-order valence-corrected chi connectivity index (χ1v) is 12.2. The predicted octanol–water partition coefficient (Wildman–Crippen LogP) is 1.11. The lowest BCUT2D eigenvalue weighted by molar-refractivity contribution is -0.135. The topological polar surface area (TPSA) is 105 Å². The lowest BCUT2D eigenvalue weighted by atomic mass is 10.2. The van der Waals surface area contributed by atoms with Crippen molar-refractivity contribution in [3.8, 4) is 5.75 Å². The Hall–Kier alpha value is -1.82. The first kappa shape index (κ1) is 21.4. The number of carbonyl (C=O) groups excluding carboxylic acids is 2. The summed E-state index contributed by atoms with van der Waals surface area (Å²) in [7, 11) is -2.27. The molecular weight excluding hydrogens is 430 g/mol. The fourth-order valence-corrected chi connectivity index (χ4v) is 6.98. The molecule has 164 valence electrons. The van der Waals surface area contributed by atoms with Gasteiger partial charge in [-0.15, -0.1) is 11.8 Å². The Labute approximate surface area is 180 Å². The summed E-state index contributed by atoms with van der Waals surface area (Å²) in [6.45, 7) is 3.24. The van der Waals surface area contributed by atoms with Gasteiger partial charge < -0.3 is 19.7 Å². The maximum Gasteiger partial charge on any atom is 0.248 e. The molecule has 3 fully saturated rings. The van der Waals surface area contributed by atoms with Gasteiger partial charge in [0.05, 0.1) is 35.8 Å². The number of hydrogen-bond acceptors (Lipinski definition) is 7. The van der Waals surface area contributed by atoms with Crippen LogP contribution in [0.2, 0.25) is 0 Å². The van der Waals surface area contributed by atoms with Crippen molar-refractivity contribution >= 4 is 39.3 Å². The zero-order chi connectivity index (χ0) is 21.5. The summed E-state index contributed by atoms with van der Waals surface area (Å²) in [6, 6.07) is 3.80. The lowest BCUT2D eigenvalue weighted by Gasteiger charge is -2.30. The highest BCUT2D eigenvalue weighted by Gasteiger charge is 2.53. The standard InChI is InChI=1S/C19H25N3O6S2/c1-19-6-5-17(23)22(19)15(12-29-19)18(24)20-14-11-13(3-4-16(14)27-2)30(25,26)21-7-9-28-10-8-21/h3-4,11,15H,5-10,12H2,1-2H3,(H,20,24)/t15-,19-/m0/s1. The molecule has 0 saturated carbocycles. The van der Waals surface area contributed by atoms with E-state index in [0.717, 1.165) is 6.42 Å². The Bertz CT molecular complexity index is 963. The van der Waals surface area contributed by atoms with Gasteiger partial charge in [-0.2, -0.15) is 4.31 Å². The summed E-state index contributed by atoms with van der Waals surface area (Å²) >= 11 is 1.60. The molecule has 2 amide bonds. The molecular formula is C19H25N3O6S2. The van der Waals surface area contributed by atoms with E-state index in [1.54, 1.807) is 16.7 Å². The number of fused-ring (bicyclic) bond motifs is 1. The van der Waals surface area contributed by atoms with Crippen molar-refractivity contribution in [3.05, 3.63) is 18.2 Å². The first-order chi connectivity index (χ1) is 14.3. The van der Waals surface area contributed by atoms with E-state index in [9.17, 15) is 18.0 Å². The van der Waals surface area contributed by atoms with Gasteiger partial charge in [0, 0.05) is 25.3 Å². The van der Waals surface area contributed by atoms with Crippen molar-refractivity contribution in [1.82, 2.24) is 9.21 Å². The Morgan fingerprint density at radius 3 is 2.77 bits per heavy atom. The SMILES string of the molecule is COc1ccc(S(=O)(=O)N2CCOCC2)cc1NC(=O)[C@@H]1CS[C@@]2(C)CCC(=O)N12. The second-order valence-corrected chi connectivity index (χ2v) is 11.1. The van der Waals surface area contributed by atoms with Crippen LogP contribution in [0.1, 0.15) is 19.8 Å².